The molecule has 2 aliphatic rings. The van der Waals surface area contributed by atoms with Crippen molar-refractivity contribution in [1.29, 1.82) is 0 Å². The number of anilines is 1. The molecular formula is C16H12F3N5O3S. The lowest BCUT2D eigenvalue weighted by Crippen LogP contribution is -2.26. The lowest BCUT2D eigenvalue weighted by atomic mass is 9.94. The van der Waals surface area contributed by atoms with Gasteiger partial charge in [0.25, 0.3) is 5.69 Å². The van der Waals surface area contributed by atoms with E-state index >= 15 is 0 Å². The Labute approximate surface area is 160 Å². The largest absolute Gasteiger partial charge is 0.416 e. The van der Waals surface area contributed by atoms with Crippen molar-refractivity contribution < 1.29 is 22.9 Å². The summed E-state index contributed by atoms with van der Waals surface area (Å²) in [7, 11) is 0. The van der Waals surface area contributed by atoms with E-state index in [0.717, 1.165) is 42.3 Å². The summed E-state index contributed by atoms with van der Waals surface area (Å²) in [5.74, 6) is 0.328. The molecule has 2 heterocycles. The van der Waals surface area contributed by atoms with Gasteiger partial charge in [0.2, 0.25) is 11.1 Å². The fraction of sp³-hybridized carbons (Fsp3) is 0.312. The molecule has 2 aromatic rings. The summed E-state index contributed by atoms with van der Waals surface area (Å²) >= 11 is 0.794. The van der Waals surface area contributed by atoms with Crippen molar-refractivity contribution in [3.63, 3.8) is 0 Å². The molecule has 0 spiro atoms. The van der Waals surface area contributed by atoms with E-state index < -0.39 is 22.4 Å². The maximum atomic E-state index is 12.8. The van der Waals surface area contributed by atoms with Gasteiger partial charge in [0, 0.05) is 12.5 Å². The van der Waals surface area contributed by atoms with E-state index in [9.17, 15) is 28.1 Å². The van der Waals surface area contributed by atoms with Crippen LogP contribution in [0.15, 0.2) is 39.5 Å². The first-order chi connectivity index (χ1) is 13.2. The van der Waals surface area contributed by atoms with E-state index in [1.165, 1.54) is 4.68 Å². The summed E-state index contributed by atoms with van der Waals surface area (Å²) in [5, 5.41) is 18.5. The zero-order valence-corrected chi connectivity index (χ0v) is 14.9. The molecule has 1 aromatic carbocycles. The summed E-state index contributed by atoms with van der Waals surface area (Å²) in [5.41, 5.74) is -0.334. The molecule has 1 aliphatic heterocycles. The number of carbonyl (C=O) groups is 1. The van der Waals surface area contributed by atoms with E-state index in [1.54, 1.807) is 0 Å². The molecule has 1 N–H and O–H groups in total. The Bertz CT molecular complexity index is 1030. The van der Waals surface area contributed by atoms with Gasteiger partial charge in [-0.25, -0.2) is 4.68 Å². The number of nitro groups is 1. The summed E-state index contributed by atoms with van der Waals surface area (Å²) in [6.07, 6.45) is -2.69. The minimum Gasteiger partial charge on any atom is -0.321 e. The quantitative estimate of drug-likeness (QED) is 0.605. The van der Waals surface area contributed by atoms with Crippen LogP contribution in [0.4, 0.5) is 24.8 Å². The molecule has 8 nitrogen and oxygen atoms in total. The van der Waals surface area contributed by atoms with Crippen molar-refractivity contribution in [2.75, 3.05) is 5.32 Å². The van der Waals surface area contributed by atoms with E-state index in [-0.39, 0.29) is 15.8 Å². The highest BCUT2D eigenvalue weighted by molar-refractivity contribution is 7.99. The Morgan fingerprint density at radius 3 is 2.79 bits per heavy atom. The Balaban J connectivity index is 1.62. The van der Waals surface area contributed by atoms with Gasteiger partial charge in [-0.05, 0) is 42.3 Å². The van der Waals surface area contributed by atoms with Crippen LogP contribution in [0.2, 0.25) is 0 Å². The lowest BCUT2D eigenvalue weighted by molar-refractivity contribution is -0.388. The second-order valence-corrected chi connectivity index (χ2v) is 7.30. The molecule has 0 saturated carbocycles. The third-order valence-corrected chi connectivity index (χ3v) is 5.35. The minimum atomic E-state index is -4.68. The van der Waals surface area contributed by atoms with Gasteiger partial charge in [0.15, 0.2) is 5.78 Å². The molecule has 1 aliphatic carbocycles. The zero-order valence-electron chi connectivity index (χ0n) is 14.1. The van der Waals surface area contributed by atoms with Crippen molar-refractivity contribution in [1.82, 2.24) is 14.8 Å². The molecule has 0 bridgehead atoms. The monoisotopic (exact) mass is 411 g/mol. The fourth-order valence-electron chi connectivity index (χ4n) is 3.11. The number of Topliss-reactive ketones (excluding diaryl/α,β-unsaturated/α-hetero) is 1. The van der Waals surface area contributed by atoms with E-state index in [1.807, 2.05) is 0 Å². The standard InChI is InChI=1S/C16H12F3N5O3S/c17-16(18,19)9-4-5-12(10(6-9)24(26)27)28-15-21-14-20-13-8(7-23(14)22-15)2-1-3-11(13)25/h4-6H,1-3,7H2,(H,20,21,22). The molecule has 0 unspecified atom stereocenters. The van der Waals surface area contributed by atoms with Crippen molar-refractivity contribution in [3.8, 4) is 0 Å². The molecule has 0 fully saturated rings. The Kier molecular flexibility index (Phi) is 4.37. The summed E-state index contributed by atoms with van der Waals surface area (Å²) in [6.45, 7) is 0.381. The molecule has 146 valence electrons. The van der Waals surface area contributed by atoms with Gasteiger partial charge >= 0.3 is 6.18 Å². The van der Waals surface area contributed by atoms with Crippen LogP contribution in [-0.2, 0) is 17.5 Å². The number of hydrogen-bond acceptors (Lipinski definition) is 7. The number of alkyl halides is 3. The highest BCUT2D eigenvalue weighted by Gasteiger charge is 2.33. The van der Waals surface area contributed by atoms with Crippen LogP contribution in [0.1, 0.15) is 24.8 Å². The van der Waals surface area contributed by atoms with Gasteiger partial charge in [0.05, 0.1) is 27.6 Å². The van der Waals surface area contributed by atoms with E-state index in [2.05, 4.69) is 15.4 Å². The molecule has 28 heavy (non-hydrogen) atoms. The number of fused-ring (bicyclic) bond motifs is 1. The van der Waals surface area contributed by atoms with Crippen LogP contribution in [-0.4, -0.2) is 25.5 Å². The summed E-state index contributed by atoms with van der Waals surface area (Å²) < 4.78 is 40.0. The van der Waals surface area contributed by atoms with Gasteiger partial charge in [0.1, 0.15) is 0 Å². The highest BCUT2D eigenvalue weighted by Crippen LogP contribution is 2.39. The maximum absolute atomic E-state index is 12.8. The molecule has 0 atom stereocenters. The van der Waals surface area contributed by atoms with Gasteiger partial charge in [-0.1, -0.05) is 0 Å². The number of rotatable bonds is 3. The molecule has 0 amide bonds. The number of hydrogen-bond donors (Lipinski definition) is 1. The topological polar surface area (TPSA) is 103 Å². The van der Waals surface area contributed by atoms with Crippen LogP contribution in [0, 0.1) is 10.1 Å². The molecular weight excluding hydrogens is 399 g/mol. The first-order valence-electron chi connectivity index (χ1n) is 8.23. The van der Waals surface area contributed by atoms with Crippen LogP contribution < -0.4 is 5.32 Å². The van der Waals surface area contributed by atoms with Gasteiger partial charge in [-0.3, -0.25) is 14.9 Å². The SMILES string of the molecule is O=C1CCCC2=C1Nc1nc(Sc3ccc(C(F)(F)F)cc3[N+](=O)[O-])nn1C2. The summed E-state index contributed by atoms with van der Waals surface area (Å²) in [4.78, 5) is 26.6. The van der Waals surface area contributed by atoms with Gasteiger partial charge < -0.3 is 5.32 Å². The number of ketones is 1. The van der Waals surface area contributed by atoms with E-state index in [0.29, 0.717) is 30.7 Å². The van der Waals surface area contributed by atoms with E-state index in [4.69, 9.17) is 0 Å². The predicted molar refractivity (Wildman–Crippen MR) is 91.8 cm³/mol. The number of nitrogens with one attached hydrogen (secondary N) is 1. The Morgan fingerprint density at radius 1 is 1.29 bits per heavy atom. The summed E-state index contributed by atoms with van der Waals surface area (Å²) in [6, 6.07) is 2.31. The molecule has 0 radical (unpaired) electrons. The number of halogens is 3. The first-order valence-corrected chi connectivity index (χ1v) is 9.04. The third kappa shape index (κ3) is 3.35. The minimum absolute atomic E-state index is 0.00285. The Hall–Kier alpha value is -2.89. The zero-order chi connectivity index (χ0) is 20.1. The average Bonchev–Trinajstić information content (AvgIpc) is 3.01. The highest BCUT2D eigenvalue weighted by atomic mass is 32.2. The average molecular weight is 411 g/mol. The van der Waals surface area contributed by atoms with Crippen molar-refractivity contribution in [3.05, 3.63) is 45.1 Å². The van der Waals surface area contributed by atoms with Crippen molar-refractivity contribution in [2.24, 2.45) is 0 Å². The van der Waals surface area contributed by atoms with Gasteiger partial charge in [-0.2, -0.15) is 18.2 Å². The number of nitro benzene ring substituents is 1. The predicted octanol–water partition coefficient (Wildman–Crippen LogP) is 3.79. The van der Waals surface area contributed by atoms with Crippen molar-refractivity contribution >= 4 is 29.2 Å². The number of benzene rings is 1. The first kappa shape index (κ1) is 18.5. The molecule has 4 rings (SSSR count). The lowest BCUT2D eigenvalue weighted by Gasteiger charge is -2.24. The number of allylic oxidation sites excluding steroid dienone is 2. The van der Waals surface area contributed by atoms with Crippen LogP contribution >= 0.6 is 11.8 Å². The van der Waals surface area contributed by atoms with Crippen LogP contribution in [0.5, 0.6) is 0 Å². The Morgan fingerprint density at radius 2 is 2.07 bits per heavy atom. The molecule has 0 saturated heterocycles. The molecule has 12 heteroatoms. The fourth-order valence-corrected chi connectivity index (χ4v) is 3.95. The second kappa shape index (κ2) is 6.62. The maximum Gasteiger partial charge on any atom is 0.416 e. The molecule has 1 aromatic heterocycles. The van der Waals surface area contributed by atoms with Gasteiger partial charge in [-0.15, -0.1) is 5.10 Å². The van der Waals surface area contributed by atoms with Crippen LogP contribution in [0.3, 0.4) is 0 Å². The smallest absolute Gasteiger partial charge is 0.321 e. The van der Waals surface area contributed by atoms with Crippen LogP contribution in [0.25, 0.3) is 0 Å². The number of carbonyl (C=O) groups excluding carboxylic acids is 1. The number of nitrogens with zero attached hydrogens (tertiary/aromatic N) is 4. The normalized spacial score (nSPS) is 16.5. The second-order valence-electron chi connectivity index (χ2n) is 6.30. The van der Waals surface area contributed by atoms with Crippen molar-refractivity contribution in [2.45, 2.75) is 42.0 Å². The third-order valence-electron chi connectivity index (χ3n) is 4.43. The number of aromatic nitrogens is 3.